The van der Waals surface area contributed by atoms with Gasteiger partial charge in [-0.05, 0) is 31.0 Å². The molecule has 0 amide bonds. The van der Waals surface area contributed by atoms with E-state index in [1.54, 1.807) is 13.4 Å². The summed E-state index contributed by atoms with van der Waals surface area (Å²) in [4.78, 5) is 4.67. The third kappa shape index (κ3) is 6.44. The lowest BCUT2D eigenvalue weighted by atomic mass is 10.2. The van der Waals surface area contributed by atoms with Gasteiger partial charge in [-0.3, -0.25) is 0 Å². The van der Waals surface area contributed by atoms with Crippen LogP contribution in [0.2, 0.25) is 0 Å². The number of rotatable bonds is 11. The largest absolute Gasteiger partial charge is 0.493 e. The second kappa shape index (κ2) is 11.8. The maximum Gasteiger partial charge on any atom is 0.191 e. The van der Waals surface area contributed by atoms with E-state index < -0.39 is 0 Å². The summed E-state index contributed by atoms with van der Waals surface area (Å²) in [7, 11) is 1.66. The van der Waals surface area contributed by atoms with Gasteiger partial charge in [-0.25, -0.2) is 4.99 Å². The number of nitrogens with zero attached hydrogens (tertiary/aromatic N) is 4. The van der Waals surface area contributed by atoms with Gasteiger partial charge in [0.1, 0.15) is 12.2 Å². The maximum atomic E-state index is 5.71. The molecule has 2 rings (SSSR count). The number of benzene rings is 1. The van der Waals surface area contributed by atoms with Gasteiger partial charge in [0.05, 0.1) is 20.3 Å². The highest BCUT2D eigenvalue weighted by atomic mass is 16.5. The van der Waals surface area contributed by atoms with Gasteiger partial charge in [0, 0.05) is 26.1 Å². The summed E-state index contributed by atoms with van der Waals surface area (Å²) in [5.41, 5.74) is 1.06. The van der Waals surface area contributed by atoms with Crippen LogP contribution in [0.15, 0.2) is 29.5 Å². The zero-order chi connectivity index (χ0) is 20.2. The Morgan fingerprint density at radius 3 is 2.75 bits per heavy atom. The first-order chi connectivity index (χ1) is 13.7. The summed E-state index contributed by atoms with van der Waals surface area (Å²) in [5, 5.41) is 14.7. The summed E-state index contributed by atoms with van der Waals surface area (Å²) in [5.74, 6) is 3.27. The summed E-state index contributed by atoms with van der Waals surface area (Å²) in [6.07, 6.45) is 3.59. The first-order valence-corrected chi connectivity index (χ1v) is 9.90. The Balaban J connectivity index is 1.95. The fraction of sp³-hybridized carbons (Fsp3) is 0.550. The van der Waals surface area contributed by atoms with Gasteiger partial charge in [-0.1, -0.05) is 19.9 Å². The van der Waals surface area contributed by atoms with E-state index in [0.29, 0.717) is 13.2 Å². The molecule has 0 bridgehead atoms. The Labute approximate surface area is 167 Å². The highest BCUT2D eigenvalue weighted by Crippen LogP contribution is 2.28. The van der Waals surface area contributed by atoms with Gasteiger partial charge < -0.3 is 24.7 Å². The lowest BCUT2D eigenvalue weighted by Gasteiger charge is -2.13. The number of methoxy groups -OCH3 is 1. The number of nitrogens with one attached hydrogen (secondary N) is 2. The summed E-state index contributed by atoms with van der Waals surface area (Å²) >= 11 is 0. The lowest BCUT2D eigenvalue weighted by molar-refractivity contribution is 0.294. The number of hydrogen-bond acceptors (Lipinski definition) is 5. The molecule has 0 spiro atoms. The van der Waals surface area contributed by atoms with Crippen LogP contribution in [-0.4, -0.2) is 47.5 Å². The first kappa shape index (κ1) is 21.5. The number of aryl methyl sites for hydroxylation is 1. The van der Waals surface area contributed by atoms with E-state index in [0.717, 1.165) is 61.3 Å². The smallest absolute Gasteiger partial charge is 0.191 e. The Morgan fingerprint density at radius 1 is 1.18 bits per heavy atom. The zero-order valence-electron chi connectivity index (χ0n) is 17.4. The maximum absolute atomic E-state index is 5.71. The molecule has 1 heterocycles. The molecule has 0 unspecified atom stereocenters. The molecular weight excluding hydrogens is 356 g/mol. The lowest BCUT2D eigenvalue weighted by Crippen LogP contribution is -2.38. The molecule has 8 heteroatoms. The molecule has 0 atom stereocenters. The van der Waals surface area contributed by atoms with E-state index in [2.05, 4.69) is 51.2 Å². The van der Waals surface area contributed by atoms with E-state index in [1.165, 1.54) is 0 Å². The van der Waals surface area contributed by atoms with Crippen molar-refractivity contribution in [2.24, 2.45) is 4.99 Å². The average Bonchev–Trinajstić information content (AvgIpc) is 3.18. The van der Waals surface area contributed by atoms with Crippen LogP contribution in [-0.2, 0) is 19.5 Å². The van der Waals surface area contributed by atoms with E-state index in [4.69, 9.17) is 9.47 Å². The second-order valence-corrected chi connectivity index (χ2v) is 6.25. The van der Waals surface area contributed by atoms with Crippen molar-refractivity contribution in [1.29, 1.82) is 0 Å². The standard InChI is InChI=1S/C20H32N6O2/c1-5-12-28-17-9-8-16(13-18(17)27-4)14-23-20(21-7-3)22-10-11-26-15-24-25-19(26)6-2/h8-9,13,15H,5-7,10-12,14H2,1-4H3,(H2,21,22,23). The minimum Gasteiger partial charge on any atom is -0.493 e. The van der Waals surface area contributed by atoms with E-state index >= 15 is 0 Å². The topological polar surface area (TPSA) is 85.6 Å². The Bertz CT molecular complexity index is 744. The van der Waals surface area contributed by atoms with Crippen LogP contribution < -0.4 is 20.1 Å². The van der Waals surface area contributed by atoms with Crippen molar-refractivity contribution in [3.05, 3.63) is 35.9 Å². The van der Waals surface area contributed by atoms with Gasteiger partial charge >= 0.3 is 0 Å². The number of ether oxygens (including phenoxy) is 2. The van der Waals surface area contributed by atoms with Gasteiger partial charge in [-0.2, -0.15) is 0 Å². The second-order valence-electron chi connectivity index (χ2n) is 6.25. The monoisotopic (exact) mass is 388 g/mol. The third-order valence-electron chi connectivity index (χ3n) is 4.11. The van der Waals surface area contributed by atoms with Gasteiger partial charge in [0.25, 0.3) is 0 Å². The predicted octanol–water partition coefficient (Wildman–Crippen LogP) is 2.39. The van der Waals surface area contributed by atoms with Crippen molar-refractivity contribution in [2.75, 3.05) is 26.8 Å². The van der Waals surface area contributed by atoms with Crippen LogP contribution >= 0.6 is 0 Å². The summed E-state index contributed by atoms with van der Waals surface area (Å²) in [6, 6.07) is 5.94. The quantitative estimate of drug-likeness (QED) is 0.454. The molecule has 2 N–H and O–H groups in total. The molecule has 0 saturated carbocycles. The van der Waals surface area contributed by atoms with Crippen LogP contribution in [0.1, 0.15) is 38.6 Å². The third-order valence-corrected chi connectivity index (χ3v) is 4.11. The van der Waals surface area contributed by atoms with Crippen molar-refractivity contribution in [3.63, 3.8) is 0 Å². The molecule has 8 nitrogen and oxygen atoms in total. The number of guanidine groups is 1. The Morgan fingerprint density at radius 2 is 2.04 bits per heavy atom. The van der Waals surface area contributed by atoms with Crippen LogP contribution in [0, 0.1) is 0 Å². The van der Waals surface area contributed by atoms with Crippen molar-refractivity contribution in [1.82, 2.24) is 25.4 Å². The molecule has 0 fully saturated rings. The van der Waals surface area contributed by atoms with Gasteiger partial charge in [0.15, 0.2) is 17.5 Å². The van der Waals surface area contributed by atoms with Crippen molar-refractivity contribution in [3.8, 4) is 11.5 Å². The van der Waals surface area contributed by atoms with Crippen molar-refractivity contribution >= 4 is 5.96 Å². The van der Waals surface area contributed by atoms with Crippen molar-refractivity contribution < 1.29 is 9.47 Å². The van der Waals surface area contributed by atoms with Crippen LogP contribution in [0.3, 0.4) is 0 Å². The molecule has 0 aliphatic heterocycles. The van der Waals surface area contributed by atoms with Crippen LogP contribution in [0.5, 0.6) is 11.5 Å². The van der Waals surface area contributed by atoms with Crippen LogP contribution in [0.4, 0.5) is 0 Å². The van der Waals surface area contributed by atoms with Gasteiger partial charge in [0.2, 0.25) is 0 Å². The van der Waals surface area contributed by atoms with E-state index in [-0.39, 0.29) is 0 Å². The molecule has 2 aromatic rings. The minimum atomic E-state index is 0.548. The highest BCUT2D eigenvalue weighted by Gasteiger charge is 2.06. The molecule has 154 valence electrons. The van der Waals surface area contributed by atoms with E-state index in [9.17, 15) is 0 Å². The number of hydrogen-bond donors (Lipinski definition) is 2. The first-order valence-electron chi connectivity index (χ1n) is 9.90. The minimum absolute atomic E-state index is 0.548. The molecular formula is C20H32N6O2. The van der Waals surface area contributed by atoms with Crippen LogP contribution in [0.25, 0.3) is 0 Å². The fourth-order valence-corrected chi connectivity index (χ4v) is 2.69. The fourth-order valence-electron chi connectivity index (χ4n) is 2.69. The zero-order valence-corrected chi connectivity index (χ0v) is 17.4. The van der Waals surface area contributed by atoms with E-state index in [1.807, 2.05) is 18.2 Å². The number of aliphatic imine (C=N–C) groups is 1. The molecule has 0 saturated heterocycles. The summed E-state index contributed by atoms with van der Waals surface area (Å²) in [6.45, 7) is 9.76. The Kier molecular flexibility index (Phi) is 9.10. The predicted molar refractivity (Wildman–Crippen MR) is 111 cm³/mol. The highest BCUT2D eigenvalue weighted by molar-refractivity contribution is 5.79. The molecule has 0 aliphatic carbocycles. The SMILES string of the molecule is CCCOc1ccc(CN=C(NCC)NCCn2cnnc2CC)cc1OC. The Hall–Kier alpha value is -2.77. The summed E-state index contributed by atoms with van der Waals surface area (Å²) < 4.78 is 13.2. The normalized spacial score (nSPS) is 11.4. The molecule has 0 radical (unpaired) electrons. The molecule has 0 aliphatic rings. The molecule has 1 aromatic heterocycles. The average molecular weight is 389 g/mol. The number of aromatic nitrogens is 3. The molecule has 28 heavy (non-hydrogen) atoms. The van der Waals surface area contributed by atoms with Crippen molar-refractivity contribution in [2.45, 2.75) is 46.7 Å². The van der Waals surface area contributed by atoms with Gasteiger partial charge in [-0.15, -0.1) is 10.2 Å². The molecule has 1 aromatic carbocycles.